The molecule has 0 saturated carbocycles. The monoisotopic (exact) mass is 316 g/mol. The van der Waals surface area contributed by atoms with Gasteiger partial charge in [0.05, 0.1) is 6.04 Å². The number of nitrogens with one attached hydrogen (secondary N) is 1. The lowest BCUT2D eigenvalue weighted by molar-refractivity contribution is -0.0328. The van der Waals surface area contributed by atoms with E-state index in [-0.39, 0.29) is 28.7 Å². The fourth-order valence-corrected chi connectivity index (χ4v) is 2.73. The Bertz CT molecular complexity index is 545. The maximum Gasteiger partial charge on any atom is 0.446 e. The van der Waals surface area contributed by atoms with Gasteiger partial charge in [0, 0.05) is 17.1 Å². The van der Waals surface area contributed by atoms with E-state index in [2.05, 4.69) is 5.32 Å². The molecule has 2 rings (SSSR count). The molecule has 0 aliphatic carbocycles. The number of nitrogens with zero attached hydrogens (tertiary/aromatic N) is 1. The Morgan fingerprint density at radius 3 is 2.90 bits per heavy atom. The number of urea groups is 1. The summed E-state index contributed by atoms with van der Waals surface area (Å²) in [6.07, 6.45) is 4.66. The van der Waals surface area contributed by atoms with Crippen LogP contribution in [0.5, 0.6) is 0 Å². The van der Waals surface area contributed by atoms with Crippen LogP contribution in [0.15, 0.2) is 41.3 Å². The smallest absolute Gasteiger partial charge is 0.314 e. The molecule has 1 aromatic carbocycles. The van der Waals surface area contributed by atoms with Crippen molar-refractivity contribution in [3.63, 3.8) is 0 Å². The van der Waals surface area contributed by atoms with Crippen molar-refractivity contribution in [1.29, 1.82) is 0 Å². The van der Waals surface area contributed by atoms with E-state index in [1.54, 1.807) is 11.0 Å². The largest absolute Gasteiger partial charge is 0.446 e. The molecule has 21 heavy (non-hydrogen) atoms. The van der Waals surface area contributed by atoms with Crippen molar-refractivity contribution in [2.75, 3.05) is 11.9 Å². The third-order valence-electron chi connectivity index (χ3n) is 3.06. The van der Waals surface area contributed by atoms with Crippen molar-refractivity contribution in [1.82, 2.24) is 4.90 Å². The number of hydrogen-bond acceptors (Lipinski definition) is 2. The molecule has 0 unspecified atom stereocenters. The topological polar surface area (TPSA) is 32.3 Å². The summed E-state index contributed by atoms with van der Waals surface area (Å²) in [6, 6.07) is 5.48. The minimum atomic E-state index is -4.34. The fourth-order valence-electron chi connectivity index (χ4n) is 2.13. The molecule has 0 saturated heterocycles. The van der Waals surface area contributed by atoms with Crippen LogP contribution in [-0.4, -0.2) is 29.0 Å². The second-order valence-corrected chi connectivity index (χ2v) is 5.70. The zero-order valence-electron chi connectivity index (χ0n) is 11.4. The third kappa shape index (κ3) is 4.42. The highest BCUT2D eigenvalue weighted by atomic mass is 32.2. The molecular formula is C14H15F3N2OS. The van der Waals surface area contributed by atoms with Crippen molar-refractivity contribution in [2.45, 2.75) is 29.8 Å². The van der Waals surface area contributed by atoms with Crippen molar-refractivity contribution < 1.29 is 18.0 Å². The second-order valence-electron chi connectivity index (χ2n) is 4.56. The summed E-state index contributed by atoms with van der Waals surface area (Å²) in [5.74, 6) is 0. The summed E-state index contributed by atoms with van der Waals surface area (Å²) in [7, 11) is 0. The first-order valence-corrected chi connectivity index (χ1v) is 7.31. The van der Waals surface area contributed by atoms with Crippen molar-refractivity contribution in [3.05, 3.63) is 36.4 Å². The van der Waals surface area contributed by atoms with Gasteiger partial charge in [0.25, 0.3) is 0 Å². The molecule has 3 nitrogen and oxygen atoms in total. The van der Waals surface area contributed by atoms with Gasteiger partial charge in [0.1, 0.15) is 0 Å². The standard InChI is InChI=1S/C14H15F3N2OS/c1-2-11-6-4-8-19(11)13(20)18-10-5-3-7-12(9-10)21-14(15,16)17/h3-7,9,11H,2,8H2,1H3,(H,18,20)/t11-/m0/s1. The van der Waals surface area contributed by atoms with E-state index in [0.29, 0.717) is 12.2 Å². The van der Waals surface area contributed by atoms with Crippen LogP contribution in [0, 0.1) is 0 Å². The van der Waals surface area contributed by atoms with Gasteiger partial charge >= 0.3 is 11.5 Å². The maximum atomic E-state index is 12.3. The van der Waals surface area contributed by atoms with Crippen LogP contribution < -0.4 is 5.32 Å². The molecule has 1 atom stereocenters. The highest BCUT2D eigenvalue weighted by Gasteiger charge is 2.29. The lowest BCUT2D eigenvalue weighted by Gasteiger charge is -2.24. The maximum absolute atomic E-state index is 12.3. The second kappa shape index (κ2) is 6.43. The average molecular weight is 316 g/mol. The van der Waals surface area contributed by atoms with Crippen LogP contribution in [0.4, 0.5) is 23.7 Å². The number of benzene rings is 1. The SMILES string of the molecule is CC[C@H]1C=CCN1C(=O)Nc1cccc(SC(F)(F)F)c1. The van der Waals surface area contributed by atoms with Crippen LogP contribution in [0.1, 0.15) is 13.3 Å². The third-order valence-corrected chi connectivity index (χ3v) is 3.78. The van der Waals surface area contributed by atoms with Gasteiger partial charge in [0.15, 0.2) is 0 Å². The summed E-state index contributed by atoms with van der Waals surface area (Å²) in [5, 5.41) is 2.64. The predicted octanol–water partition coefficient (Wildman–Crippen LogP) is 4.48. The van der Waals surface area contributed by atoms with Gasteiger partial charge in [-0.2, -0.15) is 13.2 Å². The minimum absolute atomic E-state index is 0.0396. The molecule has 7 heteroatoms. The van der Waals surface area contributed by atoms with E-state index in [1.165, 1.54) is 18.2 Å². The Hall–Kier alpha value is -1.63. The Morgan fingerprint density at radius 2 is 2.24 bits per heavy atom. The van der Waals surface area contributed by atoms with Crippen LogP contribution in [0.2, 0.25) is 0 Å². The molecular weight excluding hydrogens is 301 g/mol. The molecule has 0 spiro atoms. The van der Waals surface area contributed by atoms with Crippen LogP contribution in [-0.2, 0) is 0 Å². The zero-order valence-corrected chi connectivity index (χ0v) is 12.2. The van der Waals surface area contributed by atoms with E-state index in [9.17, 15) is 18.0 Å². The van der Waals surface area contributed by atoms with Crippen LogP contribution in [0.3, 0.4) is 0 Å². The molecule has 0 fully saturated rings. The van der Waals surface area contributed by atoms with Gasteiger partial charge in [-0.1, -0.05) is 25.1 Å². The first-order valence-electron chi connectivity index (χ1n) is 6.49. The fraction of sp³-hybridized carbons (Fsp3) is 0.357. The van der Waals surface area contributed by atoms with Crippen LogP contribution >= 0.6 is 11.8 Å². The lowest BCUT2D eigenvalue weighted by Crippen LogP contribution is -2.38. The summed E-state index contributed by atoms with van der Waals surface area (Å²) in [4.78, 5) is 13.8. The molecule has 2 amide bonds. The van der Waals surface area contributed by atoms with Gasteiger partial charge in [-0.3, -0.25) is 0 Å². The highest BCUT2D eigenvalue weighted by Crippen LogP contribution is 2.37. The molecule has 1 aliphatic heterocycles. The van der Waals surface area contributed by atoms with E-state index in [4.69, 9.17) is 0 Å². The average Bonchev–Trinajstić information content (AvgIpc) is 2.85. The molecule has 114 valence electrons. The van der Waals surface area contributed by atoms with Crippen molar-refractivity contribution >= 4 is 23.5 Å². The number of alkyl halides is 3. The minimum Gasteiger partial charge on any atom is -0.314 e. The molecule has 0 bridgehead atoms. The Balaban J connectivity index is 2.03. The lowest BCUT2D eigenvalue weighted by atomic mass is 10.2. The van der Waals surface area contributed by atoms with E-state index < -0.39 is 5.51 Å². The first kappa shape index (κ1) is 15.8. The van der Waals surface area contributed by atoms with Crippen molar-refractivity contribution in [3.8, 4) is 0 Å². The Labute approximate surface area is 125 Å². The summed E-state index contributed by atoms with van der Waals surface area (Å²) in [5.41, 5.74) is -3.98. The molecule has 1 heterocycles. The number of amides is 2. The van der Waals surface area contributed by atoms with Gasteiger partial charge in [-0.15, -0.1) is 0 Å². The molecule has 1 N–H and O–H groups in total. The van der Waals surface area contributed by atoms with Crippen molar-refractivity contribution in [2.24, 2.45) is 0 Å². The van der Waals surface area contributed by atoms with E-state index >= 15 is 0 Å². The number of carbonyl (C=O) groups is 1. The van der Waals surface area contributed by atoms with Gasteiger partial charge < -0.3 is 10.2 Å². The number of anilines is 1. The summed E-state index contributed by atoms with van der Waals surface area (Å²) < 4.78 is 37.0. The predicted molar refractivity (Wildman–Crippen MR) is 77.3 cm³/mol. The highest BCUT2D eigenvalue weighted by molar-refractivity contribution is 8.00. The normalized spacial score (nSPS) is 18.1. The molecule has 1 aromatic rings. The zero-order chi connectivity index (χ0) is 15.5. The molecule has 1 aliphatic rings. The summed E-state index contributed by atoms with van der Waals surface area (Å²) in [6.45, 7) is 2.49. The molecule has 0 aromatic heterocycles. The van der Waals surface area contributed by atoms with E-state index in [0.717, 1.165) is 6.42 Å². The van der Waals surface area contributed by atoms with E-state index in [1.807, 2.05) is 19.1 Å². The first-order chi connectivity index (χ1) is 9.89. The number of carbonyl (C=O) groups excluding carboxylic acids is 1. The number of hydrogen-bond donors (Lipinski definition) is 1. The number of halogens is 3. The Morgan fingerprint density at radius 1 is 1.48 bits per heavy atom. The summed E-state index contributed by atoms with van der Waals surface area (Å²) >= 11 is -0.198. The van der Waals surface area contributed by atoms with Gasteiger partial charge in [-0.25, -0.2) is 4.79 Å². The number of rotatable bonds is 3. The van der Waals surface area contributed by atoms with Gasteiger partial charge in [0.2, 0.25) is 0 Å². The van der Waals surface area contributed by atoms with Gasteiger partial charge in [-0.05, 0) is 36.4 Å². The van der Waals surface area contributed by atoms with Crippen LogP contribution in [0.25, 0.3) is 0 Å². The Kier molecular flexibility index (Phi) is 4.82. The molecule has 0 radical (unpaired) electrons. The quantitative estimate of drug-likeness (QED) is 0.658. The number of thioether (sulfide) groups is 1.